The van der Waals surface area contributed by atoms with E-state index in [2.05, 4.69) is 65.8 Å². The van der Waals surface area contributed by atoms with E-state index in [9.17, 15) is 0 Å². The fourth-order valence-corrected chi connectivity index (χ4v) is 3.65. The summed E-state index contributed by atoms with van der Waals surface area (Å²) in [6, 6.07) is 7.01. The van der Waals surface area contributed by atoms with E-state index in [1.54, 1.807) is 7.11 Å². The number of aromatic nitrogens is 2. The largest absolute Gasteiger partial charge is 0.380 e. The number of aryl methyl sites for hydroxylation is 1. The van der Waals surface area contributed by atoms with Gasteiger partial charge in [-0.2, -0.15) is 0 Å². The second-order valence-electron chi connectivity index (χ2n) is 6.23. The molecule has 4 heteroatoms. The lowest BCUT2D eigenvalue weighted by molar-refractivity contribution is 0.162. The standard InChI is InChI=1S/C20H31N3O/c1-6-19(22(7-2)8-3)20(23-11-9-10-12-23)18-14-21-16(4)13-17(18)15-24-5/h9-14,19-20H,6-8,15H2,1-5H3. The first kappa shape index (κ1) is 18.7. The van der Waals surface area contributed by atoms with Gasteiger partial charge in [0.05, 0.1) is 12.6 Å². The number of hydrogen-bond donors (Lipinski definition) is 0. The van der Waals surface area contributed by atoms with Crippen molar-refractivity contribution >= 4 is 0 Å². The number of methoxy groups -OCH3 is 1. The zero-order chi connectivity index (χ0) is 17.5. The SMILES string of the molecule is CCC(C(c1cnc(C)cc1COC)n1cccc1)N(CC)CC. The third-order valence-corrected chi connectivity index (χ3v) is 4.79. The Balaban J connectivity index is 2.55. The van der Waals surface area contributed by atoms with Crippen molar-refractivity contribution in [2.24, 2.45) is 0 Å². The van der Waals surface area contributed by atoms with Crippen LogP contribution in [0.15, 0.2) is 36.8 Å². The smallest absolute Gasteiger partial charge is 0.0753 e. The van der Waals surface area contributed by atoms with Crippen LogP contribution in [0.3, 0.4) is 0 Å². The predicted molar refractivity (Wildman–Crippen MR) is 99.3 cm³/mol. The molecule has 2 atom stereocenters. The van der Waals surface area contributed by atoms with Crippen LogP contribution >= 0.6 is 0 Å². The van der Waals surface area contributed by atoms with E-state index < -0.39 is 0 Å². The van der Waals surface area contributed by atoms with E-state index in [4.69, 9.17) is 4.74 Å². The third kappa shape index (κ3) is 4.05. The van der Waals surface area contributed by atoms with Crippen molar-refractivity contribution < 1.29 is 4.74 Å². The molecule has 0 aromatic carbocycles. The van der Waals surface area contributed by atoms with Crippen LogP contribution in [0.4, 0.5) is 0 Å². The number of rotatable bonds is 9. The van der Waals surface area contributed by atoms with Gasteiger partial charge >= 0.3 is 0 Å². The predicted octanol–water partition coefficient (Wildman–Crippen LogP) is 4.05. The van der Waals surface area contributed by atoms with Crippen molar-refractivity contribution in [3.05, 3.63) is 53.6 Å². The number of pyridine rings is 1. The molecule has 0 aliphatic heterocycles. The average Bonchev–Trinajstić information content (AvgIpc) is 3.10. The lowest BCUT2D eigenvalue weighted by Crippen LogP contribution is -2.41. The maximum absolute atomic E-state index is 5.47. The van der Waals surface area contributed by atoms with Crippen LogP contribution < -0.4 is 0 Å². The summed E-state index contributed by atoms with van der Waals surface area (Å²) in [5.74, 6) is 0. The first-order chi connectivity index (χ1) is 11.7. The van der Waals surface area contributed by atoms with Gasteiger partial charge in [0.2, 0.25) is 0 Å². The highest BCUT2D eigenvalue weighted by Crippen LogP contribution is 2.30. The molecule has 24 heavy (non-hydrogen) atoms. The summed E-state index contributed by atoms with van der Waals surface area (Å²) in [5, 5.41) is 0. The third-order valence-electron chi connectivity index (χ3n) is 4.79. The number of hydrogen-bond acceptors (Lipinski definition) is 3. The zero-order valence-electron chi connectivity index (χ0n) is 15.7. The minimum absolute atomic E-state index is 0.239. The van der Waals surface area contributed by atoms with Crippen molar-refractivity contribution in [2.75, 3.05) is 20.2 Å². The Morgan fingerprint density at radius 2 is 1.83 bits per heavy atom. The molecule has 0 fully saturated rings. The highest BCUT2D eigenvalue weighted by Gasteiger charge is 2.29. The highest BCUT2D eigenvalue weighted by atomic mass is 16.5. The molecule has 4 nitrogen and oxygen atoms in total. The molecule has 0 bridgehead atoms. The fraction of sp³-hybridized carbons (Fsp3) is 0.550. The minimum Gasteiger partial charge on any atom is -0.380 e. The van der Waals surface area contributed by atoms with Crippen LogP contribution in [0.25, 0.3) is 0 Å². The van der Waals surface area contributed by atoms with Crippen molar-refractivity contribution in [2.45, 2.75) is 52.8 Å². The molecular formula is C20H31N3O. The van der Waals surface area contributed by atoms with Crippen LogP contribution in [-0.2, 0) is 11.3 Å². The molecule has 0 aliphatic rings. The van der Waals surface area contributed by atoms with E-state index in [0.717, 1.165) is 25.2 Å². The maximum atomic E-state index is 5.47. The molecule has 2 aromatic rings. The molecule has 2 heterocycles. The lowest BCUT2D eigenvalue weighted by atomic mass is 9.93. The molecule has 0 saturated heterocycles. The van der Waals surface area contributed by atoms with Crippen molar-refractivity contribution in [1.29, 1.82) is 0 Å². The Hall–Kier alpha value is -1.65. The number of ether oxygens (including phenoxy) is 1. The maximum Gasteiger partial charge on any atom is 0.0753 e. The Kier molecular flexibility index (Phi) is 7.00. The summed E-state index contributed by atoms with van der Waals surface area (Å²) in [4.78, 5) is 7.14. The monoisotopic (exact) mass is 329 g/mol. The molecule has 0 radical (unpaired) electrons. The van der Waals surface area contributed by atoms with Gasteiger partial charge in [-0.1, -0.05) is 20.8 Å². The van der Waals surface area contributed by atoms with Gasteiger partial charge in [0, 0.05) is 43.0 Å². The summed E-state index contributed by atoms with van der Waals surface area (Å²) in [5.41, 5.74) is 3.53. The summed E-state index contributed by atoms with van der Waals surface area (Å²) in [6.07, 6.45) is 7.45. The second-order valence-corrected chi connectivity index (χ2v) is 6.23. The molecule has 0 saturated carbocycles. The van der Waals surface area contributed by atoms with Crippen LogP contribution in [0, 0.1) is 6.92 Å². The second kappa shape index (κ2) is 9.00. The Morgan fingerprint density at radius 3 is 2.38 bits per heavy atom. The van der Waals surface area contributed by atoms with Gasteiger partial charge in [0.1, 0.15) is 0 Å². The topological polar surface area (TPSA) is 30.3 Å². The molecule has 0 amide bonds. The van der Waals surface area contributed by atoms with Crippen LogP contribution in [0.1, 0.15) is 50.1 Å². The highest BCUT2D eigenvalue weighted by molar-refractivity contribution is 5.31. The minimum atomic E-state index is 0.239. The van der Waals surface area contributed by atoms with Gasteiger partial charge in [-0.25, -0.2) is 0 Å². The van der Waals surface area contributed by atoms with E-state index in [-0.39, 0.29) is 6.04 Å². The average molecular weight is 329 g/mol. The first-order valence-corrected chi connectivity index (χ1v) is 8.97. The van der Waals surface area contributed by atoms with Gasteiger partial charge in [0.15, 0.2) is 0 Å². The van der Waals surface area contributed by atoms with Gasteiger partial charge in [0.25, 0.3) is 0 Å². The van der Waals surface area contributed by atoms with E-state index in [1.807, 2.05) is 13.1 Å². The molecule has 2 unspecified atom stereocenters. The molecule has 2 rings (SSSR count). The van der Waals surface area contributed by atoms with Crippen molar-refractivity contribution in [3.8, 4) is 0 Å². The van der Waals surface area contributed by atoms with Crippen molar-refractivity contribution in [3.63, 3.8) is 0 Å². The van der Waals surface area contributed by atoms with Gasteiger partial charge in [-0.15, -0.1) is 0 Å². The molecular weight excluding hydrogens is 298 g/mol. The van der Waals surface area contributed by atoms with E-state index >= 15 is 0 Å². The van der Waals surface area contributed by atoms with Gasteiger partial charge in [-0.05, 0) is 50.2 Å². The summed E-state index contributed by atoms with van der Waals surface area (Å²) >= 11 is 0. The molecule has 0 N–H and O–H groups in total. The molecule has 2 aromatic heterocycles. The first-order valence-electron chi connectivity index (χ1n) is 8.97. The quantitative estimate of drug-likeness (QED) is 0.695. The summed E-state index contributed by atoms with van der Waals surface area (Å²) in [7, 11) is 1.76. The molecule has 132 valence electrons. The Bertz CT molecular complexity index is 605. The van der Waals surface area contributed by atoms with Crippen molar-refractivity contribution in [1.82, 2.24) is 14.5 Å². The van der Waals surface area contributed by atoms with E-state index in [1.165, 1.54) is 11.1 Å². The Morgan fingerprint density at radius 1 is 1.17 bits per heavy atom. The summed E-state index contributed by atoms with van der Waals surface area (Å²) < 4.78 is 7.78. The van der Waals surface area contributed by atoms with E-state index in [0.29, 0.717) is 12.6 Å². The van der Waals surface area contributed by atoms with Crippen LogP contribution in [0.2, 0.25) is 0 Å². The number of nitrogens with zero attached hydrogens (tertiary/aromatic N) is 3. The van der Waals surface area contributed by atoms with Gasteiger partial charge in [-0.3, -0.25) is 9.88 Å². The normalized spacial score (nSPS) is 14.1. The lowest BCUT2D eigenvalue weighted by Gasteiger charge is -2.37. The van der Waals surface area contributed by atoms with Gasteiger partial charge < -0.3 is 9.30 Å². The molecule has 0 aliphatic carbocycles. The van der Waals surface area contributed by atoms with Crippen LogP contribution in [0.5, 0.6) is 0 Å². The zero-order valence-corrected chi connectivity index (χ0v) is 15.7. The molecule has 0 spiro atoms. The summed E-state index contributed by atoms with van der Waals surface area (Å²) in [6.45, 7) is 11.5. The fourth-order valence-electron chi connectivity index (χ4n) is 3.65. The Labute approximate surface area is 146 Å². The number of likely N-dealkylation sites (N-methyl/N-ethyl adjacent to an activating group) is 1. The van der Waals surface area contributed by atoms with Crippen LogP contribution in [-0.4, -0.2) is 40.7 Å².